The van der Waals surface area contributed by atoms with Gasteiger partial charge in [0, 0.05) is 5.75 Å². The summed E-state index contributed by atoms with van der Waals surface area (Å²) in [6.45, 7) is 0. The Bertz CT molecular complexity index is 482. The van der Waals surface area contributed by atoms with Crippen LogP contribution in [0, 0.1) is 11.8 Å². The molecule has 4 atom stereocenters. The van der Waals surface area contributed by atoms with Crippen molar-refractivity contribution < 1.29 is 9.90 Å². The lowest BCUT2D eigenvalue weighted by molar-refractivity contribution is -0.143. The Balaban J connectivity index is 2.01. The molecule has 110 valence electrons. The molecule has 4 unspecified atom stereocenters. The monoisotopic (exact) mass is 297 g/mol. The fourth-order valence-corrected chi connectivity index (χ4v) is 4.36. The number of H-pyrrole nitrogens is 1. The number of rotatable bonds is 3. The lowest BCUT2D eigenvalue weighted by atomic mass is 9.63. The van der Waals surface area contributed by atoms with Crippen molar-refractivity contribution in [1.29, 1.82) is 0 Å². The molecule has 7 nitrogen and oxygen atoms in total. The van der Waals surface area contributed by atoms with Crippen LogP contribution in [-0.2, 0) is 10.3 Å². The summed E-state index contributed by atoms with van der Waals surface area (Å²) in [4.78, 5) is 11.5. The number of fused-ring (bicyclic) bond motifs is 1. The minimum atomic E-state index is -0.816. The molecule has 2 fully saturated rings. The Labute approximate surface area is 122 Å². The Hall–Kier alpha value is -1.15. The number of nitrogens with one attached hydrogen (secondary N) is 2. The minimum Gasteiger partial charge on any atom is -0.480 e. The van der Waals surface area contributed by atoms with E-state index in [4.69, 9.17) is 0 Å². The molecule has 3 N–H and O–H groups in total. The Morgan fingerprint density at radius 3 is 2.90 bits per heavy atom. The summed E-state index contributed by atoms with van der Waals surface area (Å²) >= 11 is 4.48. The highest BCUT2D eigenvalue weighted by molar-refractivity contribution is 7.80. The molecule has 1 aliphatic carbocycles. The van der Waals surface area contributed by atoms with Gasteiger partial charge in [-0.3, -0.25) is 10.1 Å². The lowest BCUT2D eigenvalue weighted by Gasteiger charge is -2.50. The Morgan fingerprint density at radius 1 is 1.45 bits per heavy atom. The normalized spacial score (nSPS) is 37.4. The molecular weight excluding hydrogens is 278 g/mol. The van der Waals surface area contributed by atoms with Gasteiger partial charge in [0.25, 0.3) is 0 Å². The van der Waals surface area contributed by atoms with E-state index in [2.05, 4.69) is 38.6 Å². The number of aromatic nitrogens is 4. The number of carboxylic acid groups (broad SMARTS) is 1. The van der Waals surface area contributed by atoms with E-state index >= 15 is 0 Å². The second kappa shape index (κ2) is 5.33. The summed E-state index contributed by atoms with van der Waals surface area (Å²) in [5.41, 5.74) is -0.595. The van der Waals surface area contributed by atoms with Gasteiger partial charge in [0.2, 0.25) is 0 Å². The molecule has 0 bridgehead atoms. The van der Waals surface area contributed by atoms with Crippen molar-refractivity contribution in [2.45, 2.75) is 43.7 Å². The molecule has 1 saturated heterocycles. The maximum absolute atomic E-state index is 11.5. The van der Waals surface area contributed by atoms with Crippen molar-refractivity contribution in [3.8, 4) is 0 Å². The molecular formula is C12H19N5O2S. The van der Waals surface area contributed by atoms with Crippen LogP contribution in [0.15, 0.2) is 0 Å². The summed E-state index contributed by atoms with van der Waals surface area (Å²) in [5, 5.41) is 27.0. The van der Waals surface area contributed by atoms with Crippen LogP contribution in [0.2, 0.25) is 0 Å². The minimum absolute atomic E-state index is 0.321. The van der Waals surface area contributed by atoms with Gasteiger partial charge >= 0.3 is 5.97 Å². The Kier molecular flexibility index (Phi) is 3.68. The SMILES string of the molecule is O=C(O)C1CC2CCCCC2C(CS)(c2nn[nH]n2)N1. The number of nitrogens with zero attached hydrogens (tertiary/aromatic N) is 3. The van der Waals surface area contributed by atoms with Crippen molar-refractivity contribution in [1.82, 2.24) is 25.9 Å². The predicted molar refractivity (Wildman–Crippen MR) is 74.3 cm³/mol. The van der Waals surface area contributed by atoms with Crippen LogP contribution in [0.3, 0.4) is 0 Å². The summed E-state index contributed by atoms with van der Waals surface area (Å²) in [5.74, 6) is 0.898. The van der Waals surface area contributed by atoms with E-state index in [0.29, 0.717) is 29.8 Å². The van der Waals surface area contributed by atoms with Gasteiger partial charge in [-0.1, -0.05) is 24.5 Å². The molecule has 1 saturated carbocycles. The van der Waals surface area contributed by atoms with Gasteiger partial charge in [0.15, 0.2) is 5.82 Å². The average molecular weight is 297 g/mol. The van der Waals surface area contributed by atoms with E-state index in [0.717, 1.165) is 19.3 Å². The topological polar surface area (TPSA) is 104 Å². The molecule has 0 spiro atoms. The average Bonchev–Trinajstić information content (AvgIpc) is 3.00. The number of carboxylic acids is 1. The number of hydrogen-bond acceptors (Lipinski definition) is 6. The van der Waals surface area contributed by atoms with Gasteiger partial charge in [-0.25, -0.2) is 0 Å². The summed E-state index contributed by atoms with van der Waals surface area (Å²) < 4.78 is 0. The molecule has 0 amide bonds. The maximum Gasteiger partial charge on any atom is 0.320 e. The fraction of sp³-hybridized carbons (Fsp3) is 0.833. The van der Waals surface area contributed by atoms with E-state index in [-0.39, 0.29) is 0 Å². The first kappa shape index (κ1) is 13.8. The van der Waals surface area contributed by atoms with Gasteiger partial charge in [-0.05, 0) is 24.7 Å². The molecule has 3 rings (SSSR count). The molecule has 1 aromatic heterocycles. The smallest absolute Gasteiger partial charge is 0.320 e. The third kappa shape index (κ3) is 2.10. The highest BCUT2D eigenvalue weighted by atomic mass is 32.1. The first-order valence-electron chi connectivity index (χ1n) is 7.02. The van der Waals surface area contributed by atoms with Crippen molar-refractivity contribution in [2.24, 2.45) is 11.8 Å². The molecule has 2 heterocycles. The van der Waals surface area contributed by atoms with E-state index in [1.807, 2.05) is 0 Å². The van der Waals surface area contributed by atoms with Crippen molar-refractivity contribution >= 4 is 18.6 Å². The van der Waals surface area contributed by atoms with Gasteiger partial charge in [-0.15, -0.1) is 10.2 Å². The number of hydrogen-bond donors (Lipinski definition) is 4. The zero-order valence-electron chi connectivity index (χ0n) is 11.1. The molecule has 1 aromatic rings. The van der Waals surface area contributed by atoms with Crippen LogP contribution in [0.5, 0.6) is 0 Å². The van der Waals surface area contributed by atoms with E-state index < -0.39 is 17.6 Å². The highest BCUT2D eigenvalue weighted by Gasteiger charge is 2.53. The van der Waals surface area contributed by atoms with Gasteiger partial charge in [0.05, 0.1) is 5.54 Å². The van der Waals surface area contributed by atoms with E-state index in [1.54, 1.807) is 0 Å². The zero-order chi connectivity index (χ0) is 14.2. The highest BCUT2D eigenvalue weighted by Crippen LogP contribution is 2.47. The second-order valence-corrected chi connectivity index (χ2v) is 6.10. The number of aliphatic carboxylic acids is 1. The van der Waals surface area contributed by atoms with E-state index in [1.165, 1.54) is 6.42 Å². The van der Waals surface area contributed by atoms with Gasteiger partial charge < -0.3 is 5.11 Å². The number of tetrazole rings is 1. The van der Waals surface area contributed by atoms with E-state index in [9.17, 15) is 9.90 Å². The van der Waals surface area contributed by atoms with Gasteiger partial charge in [0.1, 0.15) is 6.04 Å². The first-order valence-corrected chi connectivity index (χ1v) is 7.66. The van der Waals surface area contributed by atoms with Crippen LogP contribution in [0.25, 0.3) is 0 Å². The summed E-state index contributed by atoms with van der Waals surface area (Å²) in [6.07, 6.45) is 5.13. The Morgan fingerprint density at radius 2 is 2.25 bits per heavy atom. The van der Waals surface area contributed by atoms with Crippen LogP contribution >= 0.6 is 12.6 Å². The van der Waals surface area contributed by atoms with Crippen LogP contribution in [0.4, 0.5) is 0 Å². The largest absolute Gasteiger partial charge is 0.480 e. The standard InChI is InChI=1S/C12H19N5O2S/c18-10(19)9-5-7-3-1-2-4-8(7)12(6-20,13-9)11-14-16-17-15-11/h7-9,13,20H,1-6H2,(H,18,19)(H,14,15,16,17). The maximum atomic E-state index is 11.5. The lowest BCUT2D eigenvalue weighted by Crippen LogP contribution is -2.63. The predicted octanol–water partition coefficient (Wildman–Crippen LogP) is 0.578. The number of aromatic amines is 1. The number of thiol groups is 1. The van der Waals surface area contributed by atoms with Crippen molar-refractivity contribution in [2.75, 3.05) is 5.75 Å². The van der Waals surface area contributed by atoms with Crippen molar-refractivity contribution in [3.05, 3.63) is 5.82 Å². The van der Waals surface area contributed by atoms with Crippen LogP contribution < -0.4 is 5.32 Å². The first-order chi connectivity index (χ1) is 9.67. The second-order valence-electron chi connectivity index (χ2n) is 5.79. The number of piperidine rings is 1. The molecule has 20 heavy (non-hydrogen) atoms. The molecule has 0 radical (unpaired) electrons. The third-order valence-corrected chi connectivity index (χ3v) is 5.30. The zero-order valence-corrected chi connectivity index (χ0v) is 12.0. The van der Waals surface area contributed by atoms with Crippen molar-refractivity contribution in [3.63, 3.8) is 0 Å². The molecule has 1 aliphatic heterocycles. The third-order valence-electron chi connectivity index (χ3n) is 4.80. The quantitative estimate of drug-likeness (QED) is 0.608. The molecule has 2 aliphatic rings. The van der Waals surface area contributed by atoms with Crippen LogP contribution in [0.1, 0.15) is 37.9 Å². The van der Waals surface area contributed by atoms with Crippen LogP contribution in [-0.4, -0.2) is 43.5 Å². The molecule has 8 heteroatoms. The summed E-state index contributed by atoms with van der Waals surface area (Å²) in [6, 6.07) is -0.569. The molecule has 0 aromatic carbocycles. The fourth-order valence-electron chi connectivity index (χ4n) is 3.90. The number of carbonyl (C=O) groups is 1. The van der Waals surface area contributed by atoms with Gasteiger partial charge in [-0.2, -0.15) is 17.8 Å². The summed E-state index contributed by atoms with van der Waals surface area (Å²) in [7, 11) is 0.